The molecule has 0 saturated carbocycles. The third-order valence-electron chi connectivity index (χ3n) is 2.59. The number of hydrogen-bond acceptors (Lipinski definition) is 2. The van der Waals surface area contributed by atoms with E-state index in [0.717, 1.165) is 15.6 Å². The summed E-state index contributed by atoms with van der Waals surface area (Å²) in [5.41, 5.74) is 2.13. The van der Waals surface area contributed by atoms with Gasteiger partial charge in [-0.15, -0.1) is 0 Å². The molecule has 1 atom stereocenters. The van der Waals surface area contributed by atoms with Gasteiger partial charge in [0.25, 0.3) is 0 Å². The SMILES string of the molecule is N#CC(Cc1cccnc1)c1ccc(Br)cc1. The highest BCUT2D eigenvalue weighted by atomic mass is 79.9. The number of rotatable bonds is 3. The van der Waals surface area contributed by atoms with E-state index < -0.39 is 0 Å². The van der Waals surface area contributed by atoms with Gasteiger partial charge in [0.1, 0.15) is 0 Å². The van der Waals surface area contributed by atoms with Crippen molar-refractivity contribution in [3.63, 3.8) is 0 Å². The molecule has 1 aromatic heterocycles. The molecule has 0 bridgehead atoms. The quantitative estimate of drug-likeness (QED) is 0.863. The Morgan fingerprint density at radius 1 is 1.24 bits per heavy atom. The Hall–Kier alpha value is -1.66. The lowest BCUT2D eigenvalue weighted by molar-refractivity contribution is 0.844. The summed E-state index contributed by atoms with van der Waals surface area (Å²) in [5, 5.41) is 9.23. The maximum Gasteiger partial charge on any atom is 0.0753 e. The van der Waals surface area contributed by atoms with Crippen LogP contribution >= 0.6 is 15.9 Å². The molecule has 0 spiro atoms. The van der Waals surface area contributed by atoms with Gasteiger partial charge >= 0.3 is 0 Å². The lowest BCUT2D eigenvalue weighted by Crippen LogP contribution is -2.00. The molecule has 0 N–H and O–H groups in total. The number of benzene rings is 1. The van der Waals surface area contributed by atoms with Gasteiger partial charge in [0.15, 0.2) is 0 Å². The minimum Gasteiger partial charge on any atom is -0.264 e. The average molecular weight is 287 g/mol. The predicted octanol–water partition coefficient (Wildman–Crippen LogP) is 3.69. The summed E-state index contributed by atoms with van der Waals surface area (Å²) in [6, 6.07) is 14.1. The molecule has 84 valence electrons. The molecule has 0 amide bonds. The van der Waals surface area contributed by atoms with Crippen molar-refractivity contribution in [3.05, 3.63) is 64.4 Å². The Morgan fingerprint density at radius 3 is 2.59 bits per heavy atom. The molecule has 0 aliphatic heterocycles. The second-order valence-corrected chi connectivity index (χ2v) is 4.71. The number of nitriles is 1. The van der Waals surface area contributed by atoms with Crippen molar-refractivity contribution in [2.24, 2.45) is 0 Å². The summed E-state index contributed by atoms with van der Waals surface area (Å²) in [6.07, 6.45) is 4.25. The fraction of sp³-hybridized carbons (Fsp3) is 0.143. The molecule has 2 aromatic rings. The molecule has 0 aliphatic carbocycles. The van der Waals surface area contributed by atoms with Crippen LogP contribution in [0.25, 0.3) is 0 Å². The van der Waals surface area contributed by atoms with Crippen LogP contribution in [0, 0.1) is 11.3 Å². The van der Waals surface area contributed by atoms with Crippen molar-refractivity contribution < 1.29 is 0 Å². The third kappa shape index (κ3) is 3.15. The Kier molecular flexibility index (Phi) is 3.89. The molecular formula is C14H11BrN2. The van der Waals surface area contributed by atoms with E-state index in [0.29, 0.717) is 6.42 Å². The Labute approximate surface area is 109 Å². The normalized spacial score (nSPS) is 11.8. The molecular weight excluding hydrogens is 276 g/mol. The molecule has 0 radical (unpaired) electrons. The van der Waals surface area contributed by atoms with E-state index in [4.69, 9.17) is 0 Å². The highest BCUT2D eigenvalue weighted by molar-refractivity contribution is 9.10. The number of pyridine rings is 1. The fourth-order valence-corrected chi connectivity index (χ4v) is 1.95. The van der Waals surface area contributed by atoms with Crippen LogP contribution in [-0.4, -0.2) is 4.98 Å². The zero-order valence-electron chi connectivity index (χ0n) is 9.18. The van der Waals surface area contributed by atoms with Gasteiger partial charge in [-0.3, -0.25) is 4.98 Å². The third-order valence-corrected chi connectivity index (χ3v) is 3.12. The van der Waals surface area contributed by atoms with Gasteiger partial charge in [-0.25, -0.2) is 0 Å². The van der Waals surface area contributed by atoms with E-state index >= 15 is 0 Å². The van der Waals surface area contributed by atoms with E-state index in [1.54, 1.807) is 6.20 Å². The lowest BCUT2D eigenvalue weighted by atomic mass is 9.94. The summed E-state index contributed by atoms with van der Waals surface area (Å²) in [4.78, 5) is 4.06. The summed E-state index contributed by atoms with van der Waals surface area (Å²) in [6.45, 7) is 0. The van der Waals surface area contributed by atoms with Crippen LogP contribution in [0.2, 0.25) is 0 Å². The van der Waals surface area contributed by atoms with Gasteiger partial charge in [0, 0.05) is 16.9 Å². The van der Waals surface area contributed by atoms with Crippen LogP contribution in [0.15, 0.2) is 53.3 Å². The smallest absolute Gasteiger partial charge is 0.0753 e. The minimum atomic E-state index is -0.118. The summed E-state index contributed by atoms with van der Waals surface area (Å²) >= 11 is 3.39. The largest absolute Gasteiger partial charge is 0.264 e. The summed E-state index contributed by atoms with van der Waals surface area (Å²) < 4.78 is 1.03. The fourth-order valence-electron chi connectivity index (χ4n) is 1.69. The number of aromatic nitrogens is 1. The van der Waals surface area contributed by atoms with Crippen molar-refractivity contribution in [3.8, 4) is 6.07 Å². The van der Waals surface area contributed by atoms with E-state index in [1.165, 1.54) is 0 Å². The molecule has 3 heteroatoms. The van der Waals surface area contributed by atoms with Gasteiger partial charge in [0.05, 0.1) is 12.0 Å². The van der Waals surface area contributed by atoms with Crippen molar-refractivity contribution in [2.75, 3.05) is 0 Å². The predicted molar refractivity (Wildman–Crippen MR) is 70.4 cm³/mol. The second-order valence-electron chi connectivity index (χ2n) is 3.80. The Morgan fingerprint density at radius 2 is 2.00 bits per heavy atom. The molecule has 1 heterocycles. The van der Waals surface area contributed by atoms with Crippen LogP contribution in [0.4, 0.5) is 0 Å². The molecule has 1 aromatic carbocycles. The molecule has 1 unspecified atom stereocenters. The van der Waals surface area contributed by atoms with Gasteiger partial charge in [-0.1, -0.05) is 34.1 Å². The molecule has 17 heavy (non-hydrogen) atoms. The Bertz CT molecular complexity index is 514. The van der Waals surface area contributed by atoms with Crippen LogP contribution in [0.1, 0.15) is 17.0 Å². The number of hydrogen-bond donors (Lipinski definition) is 0. The van der Waals surface area contributed by atoms with Gasteiger partial charge in [-0.2, -0.15) is 5.26 Å². The number of halogens is 1. The first kappa shape index (κ1) is 11.8. The maximum absolute atomic E-state index is 9.23. The van der Waals surface area contributed by atoms with Crippen molar-refractivity contribution in [1.29, 1.82) is 5.26 Å². The van der Waals surface area contributed by atoms with Crippen molar-refractivity contribution in [2.45, 2.75) is 12.3 Å². The van der Waals surface area contributed by atoms with Crippen molar-refractivity contribution >= 4 is 15.9 Å². The highest BCUT2D eigenvalue weighted by Gasteiger charge is 2.11. The van der Waals surface area contributed by atoms with Gasteiger partial charge < -0.3 is 0 Å². The first-order chi connectivity index (χ1) is 8.29. The van der Waals surface area contributed by atoms with Crippen molar-refractivity contribution in [1.82, 2.24) is 4.98 Å². The minimum absolute atomic E-state index is 0.118. The topological polar surface area (TPSA) is 36.7 Å². The number of nitrogens with zero attached hydrogens (tertiary/aromatic N) is 2. The van der Waals surface area contributed by atoms with Crippen LogP contribution in [0.3, 0.4) is 0 Å². The molecule has 0 aliphatic rings. The monoisotopic (exact) mass is 286 g/mol. The van der Waals surface area contributed by atoms with Crippen LogP contribution < -0.4 is 0 Å². The average Bonchev–Trinajstić information content (AvgIpc) is 2.38. The summed E-state index contributed by atoms with van der Waals surface area (Å²) in [5.74, 6) is -0.118. The van der Waals surface area contributed by atoms with E-state index in [9.17, 15) is 5.26 Å². The zero-order valence-corrected chi connectivity index (χ0v) is 10.8. The molecule has 2 nitrogen and oxygen atoms in total. The van der Waals surface area contributed by atoms with Crippen LogP contribution in [-0.2, 0) is 6.42 Å². The Balaban J connectivity index is 2.18. The highest BCUT2D eigenvalue weighted by Crippen LogP contribution is 2.21. The van der Waals surface area contributed by atoms with E-state index in [1.807, 2.05) is 42.6 Å². The molecule has 2 rings (SSSR count). The van der Waals surface area contributed by atoms with E-state index in [-0.39, 0.29) is 5.92 Å². The standard InChI is InChI=1S/C14H11BrN2/c15-14-5-3-12(4-6-14)13(9-16)8-11-2-1-7-17-10-11/h1-7,10,13H,8H2. The van der Waals surface area contributed by atoms with Gasteiger partial charge in [0.2, 0.25) is 0 Å². The van der Waals surface area contributed by atoms with Crippen LogP contribution in [0.5, 0.6) is 0 Å². The molecule has 0 fully saturated rings. The zero-order chi connectivity index (χ0) is 12.1. The van der Waals surface area contributed by atoms with E-state index in [2.05, 4.69) is 27.0 Å². The first-order valence-corrected chi connectivity index (χ1v) is 6.13. The second kappa shape index (κ2) is 5.60. The first-order valence-electron chi connectivity index (χ1n) is 5.33. The molecule has 0 saturated heterocycles. The summed E-state index contributed by atoms with van der Waals surface area (Å²) in [7, 11) is 0. The maximum atomic E-state index is 9.23. The van der Waals surface area contributed by atoms with Gasteiger partial charge in [-0.05, 0) is 35.7 Å². The lowest BCUT2D eigenvalue weighted by Gasteiger charge is -2.09.